The van der Waals surface area contributed by atoms with Gasteiger partial charge in [-0.2, -0.15) is 0 Å². The maximum absolute atomic E-state index is 2.60. The third-order valence-corrected chi connectivity index (χ3v) is 5.86. The fourth-order valence-corrected chi connectivity index (χ4v) is 4.93. The van der Waals surface area contributed by atoms with E-state index in [9.17, 15) is 0 Å². The lowest BCUT2D eigenvalue weighted by atomic mass is 10.3. The molecule has 0 aromatic heterocycles. The molecule has 2 heteroatoms. The van der Waals surface area contributed by atoms with Gasteiger partial charge in [-0.1, -0.05) is 36.4 Å². The van der Waals surface area contributed by atoms with Gasteiger partial charge < -0.3 is 0 Å². The molecule has 0 fully saturated rings. The van der Waals surface area contributed by atoms with Crippen molar-refractivity contribution >= 4 is 11.1 Å². The molecular formula is C18H24NS+. The van der Waals surface area contributed by atoms with Gasteiger partial charge >= 0.3 is 0 Å². The van der Waals surface area contributed by atoms with Crippen LogP contribution in [0.3, 0.4) is 0 Å². The Morgan fingerprint density at radius 1 is 0.650 bits per heavy atom. The first-order chi connectivity index (χ1) is 9.61. The van der Waals surface area contributed by atoms with Gasteiger partial charge in [0.2, 0.25) is 0 Å². The number of hydrogen-bond acceptors (Lipinski definition) is 1. The molecule has 2 rings (SSSR count). The van der Waals surface area contributed by atoms with Gasteiger partial charge in [-0.25, -0.2) is 0 Å². The Morgan fingerprint density at radius 3 is 1.30 bits per heavy atom. The Morgan fingerprint density at radius 2 is 1.00 bits per heavy atom. The van der Waals surface area contributed by atoms with Crippen molar-refractivity contribution in [3.63, 3.8) is 0 Å². The zero-order valence-electron chi connectivity index (χ0n) is 12.8. The molecule has 0 saturated heterocycles. The zero-order valence-corrected chi connectivity index (χ0v) is 13.6. The monoisotopic (exact) mass is 286 g/mol. The van der Waals surface area contributed by atoms with E-state index in [0.29, 0.717) is 12.1 Å². The summed E-state index contributed by atoms with van der Waals surface area (Å²) < 4.78 is 2.60. The molecule has 0 bridgehead atoms. The van der Waals surface area contributed by atoms with Crippen molar-refractivity contribution in [2.45, 2.75) is 49.6 Å². The highest BCUT2D eigenvalue weighted by molar-refractivity contribution is 7.94. The predicted octanol–water partition coefficient (Wildman–Crippen LogP) is 4.76. The Balaban J connectivity index is 2.49. The van der Waals surface area contributed by atoms with E-state index in [-0.39, 0.29) is 11.1 Å². The van der Waals surface area contributed by atoms with Crippen LogP contribution in [0.5, 0.6) is 0 Å². The first-order valence-electron chi connectivity index (χ1n) is 7.24. The number of nitrogens with zero attached hydrogens (tertiary/aromatic N) is 1. The van der Waals surface area contributed by atoms with E-state index in [4.69, 9.17) is 0 Å². The SMILES string of the molecule is CC(C)N(C(C)C)[S+](c1ccccc1)c1ccccc1. The molecule has 0 amide bonds. The molecule has 0 heterocycles. The molecule has 0 unspecified atom stereocenters. The summed E-state index contributed by atoms with van der Waals surface area (Å²) >= 11 is -0.0159. The average molecular weight is 286 g/mol. The van der Waals surface area contributed by atoms with Gasteiger partial charge in [-0.3, -0.25) is 0 Å². The minimum atomic E-state index is -0.0159. The molecular weight excluding hydrogens is 262 g/mol. The van der Waals surface area contributed by atoms with Gasteiger partial charge in [0.15, 0.2) is 20.9 Å². The second-order valence-corrected chi connectivity index (χ2v) is 7.39. The van der Waals surface area contributed by atoms with Gasteiger partial charge in [-0.15, -0.1) is 4.31 Å². The van der Waals surface area contributed by atoms with E-state index in [1.807, 2.05) is 0 Å². The minimum Gasteiger partial charge on any atom is -0.111 e. The van der Waals surface area contributed by atoms with Crippen LogP contribution in [0.4, 0.5) is 0 Å². The van der Waals surface area contributed by atoms with Crippen LogP contribution in [0.2, 0.25) is 0 Å². The highest BCUT2D eigenvalue weighted by Gasteiger charge is 2.37. The predicted molar refractivity (Wildman–Crippen MR) is 88.9 cm³/mol. The largest absolute Gasteiger partial charge is 0.182 e. The lowest BCUT2D eigenvalue weighted by molar-refractivity contribution is 0.327. The van der Waals surface area contributed by atoms with Crippen LogP contribution in [0.1, 0.15) is 27.7 Å². The van der Waals surface area contributed by atoms with Crippen molar-refractivity contribution in [2.24, 2.45) is 0 Å². The van der Waals surface area contributed by atoms with Crippen molar-refractivity contribution < 1.29 is 0 Å². The molecule has 20 heavy (non-hydrogen) atoms. The van der Waals surface area contributed by atoms with Crippen LogP contribution in [0.15, 0.2) is 70.5 Å². The lowest BCUT2D eigenvalue weighted by Gasteiger charge is -2.28. The number of hydrogen-bond donors (Lipinski definition) is 0. The molecule has 0 radical (unpaired) electrons. The maximum atomic E-state index is 2.60. The standard InChI is InChI=1S/C18H24NS/c1-15(2)19(16(3)4)20(17-11-7-5-8-12-17)18-13-9-6-10-14-18/h5-16H,1-4H3/q+1. The van der Waals surface area contributed by atoms with E-state index in [2.05, 4.69) is 92.7 Å². The van der Waals surface area contributed by atoms with E-state index in [1.54, 1.807) is 0 Å². The molecule has 0 aliphatic carbocycles. The van der Waals surface area contributed by atoms with Gasteiger partial charge in [0.1, 0.15) is 0 Å². The second-order valence-electron chi connectivity index (χ2n) is 5.46. The Labute approximate surface area is 126 Å². The van der Waals surface area contributed by atoms with Gasteiger partial charge in [-0.05, 0) is 52.0 Å². The van der Waals surface area contributed by atoms with Crippen LogP contribution in [-0.2, 0) is 11.1 Å². The molecule has 106 valence electrons. The molecule has 0 saturated carbocycles. The fourth-order valence-electron chi connectivity index (χ4n) is 2.50. The quantitative estimate of drug-likeness (QED) is 0.717. The van der Waals surface area contributed by atoms with Crippen LogP contribution in [0, 0.1) is 0 Å². The topological polar surface area (TPSA) is 3.24 Å². The Kier molecular flexibility index (Phi) is 5.27. The third-order valence-electron chi connectivity index (χ3n) is 3.16. The van der Waals surface area contributed by atoms with Crippen LogP contribution in [0.25, 0.3) is 0 Å². The Bertz CT molecular complexity index is 460. The second kappa shape index (κ2) is 6.96. The van der Waals surface area contributed by atoms with Crippen molar-refractivity contribution in [1.82, 2.24) is 4.31 Å². The van der Waals surface area contributed by atoms with E-state index in [1.165, 1.54) is 9.79 Å². The van der Waals surface area contributed by atoms with Crippen molar-refractivity contribution in [3.05, 3.63) is 60.7 Å². The first kappa shape index (κ1) is 15.1. The van der Waals surface area contributed by atoms with Crippen molar-refractivity contribution in [3.8, 4) is 0 Å². The number of rotatable bonds is 5. The summed E-state index contributed by atoms with van der Waals surface area (Å²) in [5.41, 5.74) is 0. The summed E-state index contributed by atoms with van der Waals surface area (Å²) in [5.74, 6) is 0. The van der Waals surface area contributed by atoms with Crippen LogP contribution < -0.4 is 0 Å². The van der Waals surface area contributed by atoms with E-state index < -0.39 is 0 Å². The molecule has 1 nitrogen and oxygen atoms in total. The molecule has 0 atom stereocenters. The first-order valence-corrected chi connectivity index (χ1v) is 8.42. The Hall–Kier alpha value is -1.25. The lowest BCUT2D eigenvalue weighted by Crippen LogP contribution is -2.42. The van der Waals surface area contributed by atoms with Gasteiger partial charge in [0.05, 0.1) is 12.1 Å². The summed E-state index contributed by atoms with van der Waals surface area (Å²) in [4.78, 5) is 2.78. The van der Waals surface area contributed by atoms with Crippen LogP contribution >= 0.6 is 0 Å². The summed E-state index contributed by atoms with van der Waals surface area (Å²) in [7, 11) is 0. The van der Waals surface area contributed by atoms with Crippen molar-refractivity contribution in [1.29, 1.82) is 0 Å². The molecule has 2 aromatic rings. The summed E-state index contributed by atoms with van der Waals surface area (Å²) in [6.45, 7) is 9.13. The minimum absolute atomic E-state index is 0.0159. The van der Waals surface area contributed by atoms with Gasteiger partial charge in [0.25, 0.3) is 0 Å². The van der Waals surface area contributed by atoms with Crippen LogP contribution in [-0.4, -0.2) is 16.4 Å². The fraction of sp³-hybridized carbons (Fsp3) is 0.333. The molecule has 2 aromatic carbocycles. The molecule has 0 aliphatic heterocycles. The normalized spacial score (nSPS) is 11.8. The summed E-state index contributed by atoms with van der Waals surface area (Å²) in [6, 6.07) is 22.7. The highest BCUT2D eigenvalue weighted by Crippen LogP contribution is 2.30. The molecule has 0 aliphatic rings. The average Bonchev–Trinajstić information content (AvgIpc) is 2.45. The smallest absolute Gasteiger partial charge is 0.111 e. The summed E-state index contributed by atoms with van der Waals surface area (Å²) in [6.07, 6.45) is 0. The molecule has 0 spiro atoms. The zero-order chi connectivity index (χ0) is 14.5. The number of benzene rings is 2. The van der Waals surface area contributed by atoms with E-state index >= 15 is 0 Å². The van der Waals surface area contributed by atoms with Gasteiger partial charge in [0, 0.05) is 0 Å². The van der Waals surface area contributed by atoms with E-state index in [0.717, 1.165) is 0 Å². The maximum Gasteiger partial charge on any atom is 0.182 e. The summed E-state index contributed by atoms with van der Waals surface area (Å²) in [5, 5.41) is 0. The highest BCUT2D eigenvalue weighted by atomic mass is 32.2. The van der Waals surface area contributed by atoms with Crippen molar-refractivity contribution in [2.75, 3.05) is 0 Å². The molecule has 0 N–H and O–H groups in total. The third kappa shape index (κ3) is 3.44.